The number of fused-ring (bicyclic) bond motifs is 3. The number of rotatable bonds is 1. The summed E-state index contributed by atoms with van der Waals surface area (Å²) in [5, 5.41) is 3.57. The number of aromatic nitrogens is 1. The molecule has 1 N–H and O–H groups in total. The van der Waals surface area contributed by atoms with Crippen molar-refractivity contribution in [2.45, 2.75) is 9.79 Å². The Morgan fingerprint density at radius 2 is 1.46 bits per heavy atom. The zero-order valence-corrected chi connectivity index (χ0v) is 15.2. The van der Waals surface area contributed by atoms with Crippen LogP contribution < -0.4 is 10.2 Å². The molecular weight excluding hydrogens is 362 g/mol. The molecule has 0 aliphatic carbocycles. The van der Waals surface area contributed by atoms with E-state index in [4.69, 9.17) is 0 Å². The number of anilines is 3. The lowest BCUT2D eigenvalue weighted by atomic mass is 10.2. The minimum atomic E-state index is -0.204. The highest BCUT2D eigenvalue weighted by Gasteiger charge is 2.28. The Labute approximate surface area is 158 Å². The van der Waals surface area contributed by atoms with Crippen molar-refractivity contribution < 1.29 is 4.79 Å². The molecule has 0 atom stereocenters. The first-order valence-corrected chi connectivity index (χ1v) is 9.75. The summed E-state index contributed by atoms with van der Waals surface area (Å²) < 4.78 is 1.05. The molecule has 0 saturated heterocycles. The topological polar surface area (TPSA) is 45.2 Å². The Kier molecular flexibility index (Phi) is 3.65. The molecular formula is C20H13N3OS2. The molecule has 0 spiro atoms. The van der Waals surface area contributed by atoms with Crippen LogP contribution in [0.4, 0.5) is 21.3 Å². The van der Waals surface area contributed by atoms with E-state index >= 15 is 0 Å². The molecule has 0 bridgehead atoms. The molecule has 0 saturated carbocycles. The molecule has 126 valence electrons. The van der Waals surface area contributed by atoms with Gasteiger partial charge in [0.05, 0.1) is 21.6 Å². The van der Waals surface area contributed by atoms with Crippen LogP contribution in [0, 0.1) is 0 Å². The lowest BCUT2D eigenvalue weighted by molar-refractivity contribution is 0.259. The van der Waals surface area contributed by atoms with Gasteiger partial charge in [0, 0.05) is 9.79 Å². The summed E-state index contributed by atoms with van der Waals surface area (Å²) in [6, 6.07) is 23.6. The second-order valence-corrected chi connectivity index (χ2v) is 7.90. The maximum absolute atomic E-state index is 13.1. The highest BCUT2D eigenvalue weighted by molar-refractivity contribution is 7.99. The molecule has 0 radical (unpaired) electrons. The molecule has 26 heavy (non-hydrogen) atoms. The summed E-state index contributed by atoms with van der Waals surface area (Å²) in [5.74, 6) is 0. The number of benzene rings is 3. The molecule has 1 aromatic heterocycles. The van der Waals surface area contributed by atoms with Gasteiger partial charge in [-0.15, -0.1) is 0 Å². The predicted octanol–water partition coefficient (Wildman–Crippen LogP) is 6.13. The van der Waals surface area contributed by atoms with Gasteiger partial charge in [-0.1, -0.05) is 59.5 Å². The Hall–Kier alpha value is -2.83. The van der Waals surface area contributed by atoms with Gasteiger partial charge in [0.2, 0.25) is 0 Å². The van der Waals surface area contributed by atoms with E-state index in [0.717, 1.165) is 31.4 Å². The highest BCUT2D eigenvalue weighted by atomic mass is 32.2. The largest absolute Gasteiger partial charge is 0.332 e. The molecule has 3 aromatic carbocycles. The average molecular weight is 375 g/mol. The molecule has 1 aliphatic rings. The molecule has 2 amide bonds. The van der Waals surface area contributed by atoms with E-state index in [0.29, 0.717) is 5.13 Å². The number of hydrogen-bond acceptors (Lipinski definition) is 4. The quantitative estimate of drug-likeness (QED) is 0.435. The highest BCUT2D eigenvalue weighted by Crippen LogP contribution is 2.48. The Balaban J connectivity index is 1.55. The smallest absolute Gasteiger partial charge is 0.283 e. The second-order valence-electron chi connectivity index (χ2n) is 5.79. The molecule has 4 aromatic rings. The van der Waals surface area contributed by atoms with Gasteiger partial charge < -0.3 is 0 Å². The van der Waals surface area contributed by atoms with Crippen LogP contribution in [0.3, 0.4) is 0 Å². The lowest BCUT2D eigenvalue weighted by Crippen LogP contribution is -2.32. The van der Waals surface area contributed by atoms with Crippen LogP contribution in [0.2, 0.25) is 0 Å². The van der Waals surface area contributed by atoms with Crippen LogP contribution >= 0.6 is 23.1 Å². The SMILES string of the molecule is O=C(Nc1nc2ccccc2s1)N1c2ccccc2Sc2ccccc21. The predicted molar refractivity (Wildman–Crippen MR) is 108 cm³/mol. The summed E-state index contributed by atoms with van der Waals surface area (Å²) in [7, 11) is 0. The molecule has 1 aliphatic heterocycles. The van der Waals surface area contributed by atoms with Crippen LogP contribution in [-0.2, 0) is 0 Å². The normalized spacial score (nSPS) is 12.5. The Bertz CT molecular complexity index is 1060. The van der Waals surface area contributed by atoms with E-state index in [1.54, 1.807) is 16.7 Å². The van der Waals surface area contributed by atoms with Gasteiger partial charge >= 0.3 is 6.03 Å². The number of hydrogen-bond donors (Lipinski definition) is 1. The molecule has 0 unspecified atom stereocenters. The van der Waals surface area contributed by atoms with Gasteiger partial charge in [-0.05, 0) is 36.4 Å². The van der Waals surface area contributed by atoms with E-state index in [2.05, 4.69) is 10.3 Å². The first kappa shape index (κ1) is 15.4. The maximum atomic E-state index is 13.1. The molecule has 4 nitrogen and oxygen atoms in total. The molecule has 6 heteroatoms. The van der Waals surface area contributed by atoms with E-state index in [-0.39, 0.29) is 6.03 Å². The summed E-state index contributed by atoms with van der Waals surface area (Å²) in [4.78, 5) is 21.5. The third kappa shape index (κ3) is 2.55. The number of carbonyl (C=O) groups is 1. The van der Waals surface area contributed by atoms with Gasteiger partial charge in [0.15, 0.2) is 5.13 Å². The second kappa shape index (κ2) is 6.16. The summed E-state index contributed by atoms with van der Waals surface area (Å²) in [6.07, 6.45) is 0. The van der Waals surface area contributed by atoms with Crippen LogP contribution in [0.1, 0.15) is 0 Å². The number of urea groups is 1. The van der Waals surface area contributed by atoms with Crippen LogP contribution in [0.25, 0.3) is 10.2 Å². The molecule has 2 heterocycles. The molecule has 5 rings (SSSR count). The van der Waals surface area contributed by atoms with Gasteiger partial charge in [-0.3, -0.25) is 10.2 Å². The van der Waals surface area contributed by atoms with Crippen molar-refractivity contribution in [3.8, 4) is 0 Å². The number of carbonyl (C=O) groups excluding carboxylic acids is 1. The van der Waals surface area contributed by atoms with E-state index < -0.39 is 0 Å². The summed E-state index contributed by atoms with van der Waals surface area (Å²) in [6.45, 7) is 0. The number of nitrogens with one attached hydrogen (secondary N) is 1. The van der Waals surface area contributed by atoms with Crippen LogP contribution in [-0.4, -0.2) is 11.0 Å². The fraction of sp³-hybridized carbons (Fsp3) is 0. The minimum absolute atomic E-state index is 0.204. The van der Waals surface area contributed by atoms with Crippen LogP contribution in [0.5, 0.6) is 0 Å². The van der Waals surface area contributed by atoms with Crippen molar-refractivity contribution in [3.05, 3.63) is 72.8 Å². The summed E-state index contributed by atoms with van der Waals surface area (Å²) >= 11 is 3.16. The average Bonchev–Trinajstić information content (AvgIpc) is 3.08. The van der Waals surface area contributed by atoms with Gasteiger partial charge in [-0.2, -0.15) is 0 Å². The van der Waals surface area contributed by atoms with E-state index in [9.17, 15) is 4.79 Å². The number of amides is 2. The van der Waals surface area contributed by atoms with Crippen molar-refractivity contribution in [3.63, 3.8) is 0 Å². The van der Waals surface area contributed by atoms with Crippen molar-refractivity contribution in [2.24, 2.45) is 0 Å². The van der Waals surface area contributed by atoms with Crippen molar-refractivity contribution in [1.82, 2.24) is 4.98 Å². The fourth-order valence-corrected chi connectivity index (χ4v) is 4.91. The van der Waals surface area contributed by atoms with E-state index in [1.165, 1.54) is 11.3 Å². The van der Waals surface area contributed by atoms with Crippen molar-refractivity contribution >= 4 is 55.9 Å². The first-order chi connectivity index (χ1) is 12.8. The van der Waals surface area contributed by atoms with E-state index in [1.807, 2.05) is 72.8 Å². The number of nitrogens with zero attached hydrogens (tertiary/aromatic N) is 2. The third-order valence-electron chi connectivity index (χ3n) is 4.14. The standard InChI is InChI=1S/C20H13N3OS2/c24-20(22-19-21-13-7-1-4-10-16(13)26-19)23-14-8-2-5-11-17(14)25-18-12-6-3-9-15(18)23/h1-12H,(H,21,22,24). The maximum Gasteiger partial charge on any atom is 0.332 e. The van der Waals surface area contributed by atoms with Crippen molar-refractivity contribution in [2.75, 3.05) is 10.2 Å². The first-order valence-electron chi connectivity index (χ1n) is 8.12. The third-order valence-corrected chi connectivity index (χ3v) is 6.23. The monoisotopic (exact) mass is 375 g/mol. The van der Waals surface area contributed by atoms with Crippen molar-refractivity contribution in [1.29, 1.82) is 0 Å². The fourth-order valence-electron chi connectivity index (χ4n) is 3.00. The Morgan fingerprint density at radius 1 is 0.846 bits per heavy atom. The molecule has 0 fully saturated rings. The number of thiazole rings is 1. The zero-order chi connectivity index (χ0) is 17.5. The van der Waals surface area contributed by atoms with Crippen LogP contribution in [0.15, 0.2) is 82.6 Å². The summed E-state index contributed by atoms with van der Waals surface area (Å²) in [5.41, 5.74) is 2.66. The minimum Gasteiger partial charge on any atom is -0.283 e. The van der Waals surface area contributed by atoms with Gasteiger partial charge in [0.1, 0.15) is 0 Å². The van der Waals surface area contributed by atoms with Gasteiger partial charge in [0.25, 0.3) is 0 Å². The lowest BCUT2D eigenvalue weighted by Gasteiger charge is -2.30. The zero-order valence-electron chi connectivity index (χ0n) is 13.5. The van der Waals surface area contributed by atoms with Gasteiger partial charge in [-0.25, -0.2) is 9.78 Å². The number of para-hydroxylation sites is 3. The Morgan fingerprint density at radius 3 is 2.15 bits per heavy atom.